The first-order valence-electron chi connectivity index (χ1n) is 9.28. The SMILES string of the molecule is CCOC(=O)C[C@H](N)c1ccc(OCc2ccccc2)c(-c2ccnn2C)c1. The van der Waals surface area contributed by atoms with Gasteiger partial charge in [0, 0.05) is 24.8 Å². The molecule has 0 aliphatic rings. The van der Waals surface area contributed by atoms with Crippen LogP contribution in [0.3, 0.4) is 0 Å². The number of benzene rings is 2. The number of aryl methyl sites for hydroxylation is 1. The van der Waals surface area contributed by atoms with Crippen LogP contribution < -0.4 is 10.5 Å². The van der Waals surface area contributed by atoms with E-state index in [4.69, 9.17) is 15.2 Å². The van der Waals surface area contributed by atoms with Crippen molar-refractivity contribution in [1.82, 2.24) is 9.78 Å². The summed E-state index contributed by atoms with van der Waals surface area (Å²) in [7, 11) is 1.88. The topological polar surface area (TPSA) is 79.4 Å². The summed E-state index contributed by atoms with van der Waals surface area (Å²) < 4.78 is 12.9. The Morgan fingerprint density at radius 2 is 1.96 bits per heavy atom. The highest BCUT2D eigenvalue weighted by Crippen LogP contribution is 2.33. The van der Waals surface area contributed by atoms with E-state index < -0.39 is 6.04 Å². The molecule has 0 spiro atoms. The lowest BCUT2D eigenvalue weighted by molar-refractivity contribution is -0.143. The molecule has 146 valence electrons. The Labute approximate surface area is 164 Å². The van der Waals surface area contributed by atoms with Crippen LogP contribution in [0.1, 0.15) is 30.5 Å². The van der Waals surface area contributed by atoms with Gasteiger partial charge in [0.1, 0.15) is 12.4 Å². The average Bonchev–Trinajstić information content (AvgIpc) is 3.13. The Bertz CT molecular complexity index is 922. The minimum absolute atomic E-state index is 0.128. The number of aromatic nitrogens is 2. The van der Waals surface area contributed by atoms with Crippen LogP contribution in [0.2, 0.25) is 0 Å². The van der Waals surface area contributed by atoms with Crippen molar-refractivity contribution in [3.05, 3.63) is 71.9 Å². The zero-order valence-electron chi connectivity index (χ0n) is 16.2. The zero-order chi connectivity index (χ0) is 19.9. The molecule has 28 heavy (non-hydrogen) atoms. The van der Waals surface area contributed by atoms with Crippen molar-refractivity contribution in [1.29, 1.82) is 0 Å². The molecular formula is C22H25N3O3. The number of ether oxygens (including phenoxy) is 2. The maximum absolute atomic E-state index is 11.8. The third-order valence-corrected chi connectivity index (χ3v) is 4.46. The molecule has 1 heterocycles. The quantitative estimate of drug-likeness (QED) is 0.605. The fourth-order valence-electron chi connectivity index (χ4n) is 3.00. The predicted molar refractivity (Wildman–Crippen MR) is 108 cm³/mol. The standard InChI is InChI=1S/C22H25N3O3/c1-3-27-22(26)14-19(23)17-9-10-21(28-15-16-7-5-4-6-8-16)18(13-17)20-11-12-24-25(20)2/h4-13,19H,3,14-15,23H2,1-2H3/t19-/m0/s1. The van der Waals surface area contributed by atoms with E-state index in [0.717, 1.165) is 28.1 Å². The molecule has 0 fully saturated rings. The fraction of sp³-hybridized carbons (Fsp3) is 0.273. The van der Waals surface area contributed by atoms with Gasteiger partial charge in [-0.3, -0.25) is 9.48 Å². The van der Waals surface area contributed by atoms with Crippen molar-refractivity contribution in [2.75, 3.05) is 6.61 Å². The first kappa shape index (κ1) is 19.6. The largest absolute Gasteiger partial charge is 0.488 e. The number of carbonyl (C=O) groups is 1. The summed E-state index contributed by atoms with van der Waals surface area (Å²) >= 11 is 0. The Kier molecular flexibility index (Phi) is 6.45. The summed E-state index contributed by atoms with van der Waals surface area (Å²) in [5, 5.41) is 4.26. The van der Waals surface area contributed by atoms with E-state index >= 15 is 0 Å². The minimum atomic E-state index is -0.450. The van der Waals surface area contributed by atoms with Crippen LogP contribution in [0.25, 0.3) is 11.3 Å². The molecule has 0 amide bonds. The van der Waals surface area contributed by atoms with Crippen molar-refractivity contribution in [2.45, 2.75) is 26.0 Å². The summed E-state index contributed by atoms with van der Waals surface area (Å²) in [4.78, 5) is 11.8. The Morgan fingerprint density at radius 1 is 1.18 bits per heavy atom. The number of nitrogens with zero attached hydrogens (tertiary/aromatic N) is 2. The van der Waals surface area contributed by atoms with Gasteiger partial charge in [-0.05, 0) is 36.2 Å². The molecule has 0 aliphatic carbocycles. The third kappa shape index (κ3) is 4.78. The summed E-state index contributed by atoms with van der Waals surface area (Å²) in [6.07, 6.45) is 1.87. The summed E-state index contributed by atoms with van der Waals surface area (Å²) in [5.74, 6) is 0.432. The number of esters is 1. The average molecular weight is 379 g/mol. The van der Waals surface area contributed by atoms with Crippen LogP contribution in [0.4, 0.5) is 0 Å². The van der Waals surface area contributed by atoms with Crippen molar-refractivity contribution in [2.24, 2.45) is 12.8 Å². The van der Waals surface area contributed by atoms with E-state index in [9.17, 15) is 4.79 Å². The molecular weight excluding hydrogens is 354 g/mol. The first-order chi connectivity index (χ1) is 13.6. The van der Waals surface area contributed by atoms with E-state index in [0.29, 0.717) is 13.2 Å². The fourth-order valence-corrected chi connectivity index (χ4v) is 3.00. The van der Waals surface area contributed by atoms with Gasteiger partial charge in [0.15, 0.2) is 0 Å². The molecule has 6 nitrogen and oxygen atoms in total. The van der Waals surface area contributed by atoms with Gasteiger partial charge in [-0.15, -0.1) is 0 Å². The van der Waals surface area contributed by atoms with E-state index in [1.54, 1.807) is 17.8 Å². The van der Waals surface area contributed by atoms with Crippen LogP contribution >= 0.6 is 0 Å². The lowest BCUT2D eigenvalue weighted by Gasteiger charge is -2.17. The van der Waals surface area contributed by atoms with Gasteiger partial charge in [-0.1, -0.05) is 36.4 Å². The van der Waals surface area contributed by atoms with Crippen LogP contribution in [0.15, 0.2) is 60.8 Å². The van der Waals surface area contributed by atoms with Gasteiger partial charge in [0.05, 0.1) is 18.7 Å². The Balaban J connectivity index is 1.87. The van der Waals surface area contributed by atoms with E-state index in [1.165, 1.54) is 0 Å². The number of nitrogens with two attached hydrogens (primary N) is 1. The monoisotopic (exact) mass is 379 g/mol. The van der Waals surface area contributed by atoms with Crippen LogP contribution in [0.5, 0.6) is 5.75 Å². The number of hydrogen-bond donors (Lipinski definition) is 1. The van der Waals surface area contributed by atoms with E-state index in [1.807, 2.05) is 61.6 Å². The van der Waals surface area contributed by atoms with E-state index in [-0.39, 0.29) is 12.4 Å². The second-order valence-corrected chi connectivity index (χ2v) is 6.49. The van der Waals surface area contributed by atoms with Crippen LogP contribution in [-0.2, 0) is 23.2 Å². The molecule has 0 bridgehead atoms. The first-order valence-corrected chi connectivity index (χ1v) is 9.28. The van der Waals surface area contributed by atoms with Gasteiger partial charge in [-0.25, -0.2) is 0 Å². The Hall–Kier alpha value is -3.12. The maximum atomic E-state index is 11.8. The molecule has 6 heteroatoms. The molecule has 3 aromatic rings. The van der Waals surface area contributed by atoms with Crippen molar-refractivity contribution < 1.29 is 14.3 Å². The second kappa shape index (κ2) is 9.19. The molecule has 1 aromatic heterocycles. The van der Waals surface area contributed by atoms with Gasteiger partial charge >= 0.3 is 5.97 Å². The number of hydrogen-bond acceptors (Lipinski definition) is 5. The van der Waals surface area contributed by atoms with Crippen molar-refractivity contribution in [3.63, 3.8) is 0 Å². The van der Waals surface area contributed by atoms with Gasteiger partial charge in [0.2, 0.25) is 0 Å². The maximum Gasteiger partial charge on any atom is 0.307 e. The summed E-state index contributed by atoms with van der Waals surface area (Å²) in [5.41, 5.74) is 9.96. The highest BCUT2D eigenvalue weighted by atomic mass is 16.5. The highest BCUT2D eigenvalue weighted by molar-refractivity contribution is 5.72. The van der Waals surface area contributed by atoms with Gasteiger partial charge in [0.25, 0.3) is 0 Å². The molecule has 0 saturated heterocycles. The summed E-state index contributed by atoms with van der Waals surface area (Å²) in [6, 6.07) is 17.2. The molecule has 0 aliphatic heterocycles. The normalized spacial score (nSPS) is 11.8. The smallest absolute Gasteiger partial charge is 0.307 e. The molecule has 1 atom stereocenters. The van der Waals surface area contributed by atoms with Crippen LogP contribution in [0, 0.1) is 0 Å². The van der Waals surface area contributed by atoms with E-state index in [2.05, 4.69) is 5.10 Å². The lowest BCUT2D eigenvalue weighted by Crippen LogP contribution is -2.17. The lowest BCUT2D eigenvalue weighted by atomic mass is 10.00. The molecule has 2 aromatic carbocycles. The molecule has 2 N–H and O–H groups in total. The zero-order valence-corrected chi connectivity index (χ0v) is 16.2. The van der Waals surface area contributed by atoms with Crippen molar-refractivity contribution >= 4 is 5.97 Å². The number of carbonyl (C=O) groups excluding carboxylic acids is 1. The molecule has 0 unspecified atom stereocenters. The third-order valence-electron chi connectivity index (χ3n) is 4.46. The van der Waals surface area contributed by atoms with Gasteiger partial charge < -0.3 is 15.2 Å². The molecule has 0 saturated carbocycles. The Morgan fingerprint density at radius 3 is 2.64 bits per heavy atom. The van der Waals surface area contributed by atoms with Crippen molar-refractivity contribution in [3.8, 4) is 17.0 Å². The predicted octanol–water partition coefficient (Wildman–Crippen LogP) is 3.62. The summed E-state index contributed by atoms with van der Waals surface area (Å²) in [6.45, 7) is 2.58. The van der Waals surface area contributed by atoms with Gasteiger partial charge in [-0.2, -0.15) is 5.10 Å². The minimum Gasteiger partial charge on any atom is -0.488 e. The number of rotatable bonds is 8. The molecule has 0 radical (unpaired) electrons. The highest BCUT2D eigenvalue weighted by Gasteiger charge is 2.17. The molecule has 3 rings (SSSR count). The van der Waals surface area contributed by atoms with Crippen LogP contribution in [-0.4, -0.2) is 22.4 Å². The second-order valence-electron chi connectivity index (χ2n) is 6.49.